The van der Waals surface area contributed by atoms with Gasteiger partial charge in [-0.05, 0) is 38.0 Å². The fraction of sp³-hybridized carbons (Fsp3) is 0.375. The summed E-state index contributed by atoms with van der Waals surface area (Å²) < 4.78 is 0. The molecule has 1 aromatic rings. The normalized spacial score (nSPS) is 20.1. The molecule has 0 aromatic heterocycles. The first-order valence-electron chi connectivity index (χ1n) is 6.96. The molecular formula is C16H20ClNO5. The molecule has 0 saturated carbocycles. The summed E-state index contributed by atoms with van der Waals surface area (Å²) in [5.74, 6) is -2.51. The van der Waals surface area contributed by atoms with Crippen LogP contribution in [0.2, 0.25) is 5.02 Å². The Hall–Kier alpha value is -1.89. The molecule has 7 heteroatoms. The highest BCUT2D eigenvalue weighted by molar-refractivity contribution is 6.30. The predicted octanol–water partition coefficient (Wildman–Crippen LogP) is 2.23. The summed E-state index contributed by atoms with van der Waals surface area (Å²) in [7, 11) is 0. The molecule has 1 fully saturated rings. The third-order valence-electron chi connectivity index (χ3n) is 3.25. The van der Waals surface area contributed by atoms with E-state index in [9.17, 15) is 14.7 Å². The van der Waals surface area contributed by atoms with Gasteiger partial charge in [-0.25, -0.2) is 9.59 Å². The number of carbonyl (C=O) groups is 2. The van der Waals surface area contributed by atoms with Gasteiger partial charge in [-0.2, -0.15) is 0 Å². The summed E-state index contributed by atoms with van der Waals surface area (Å²) in [4.78, 5) is 19.1. The lowest BCUT2D eigenvalue weighted by Gasteiger charge is -2.46. The average Bonchev–Trinajstić information content (AvgIpc) is 2.42. The Balaban J connectivity index is 0.000000284. The highest BCUT2D eigenvalue weighted by Gasteiger charge is 2.39. The van der Waals surface area contributed by atoms with Crippen LogP contribution in [0.3, 0.4) is 0 Å². The second-order valence-corrected chi connectivity index (χ2v) is 6.28. The van der Waals surface area contributed by atoms with E-state index in [1.807, 2.05) is 24.3 Å². The Bertz CT molecular complexity index is 576. The van der Waals surface area contributed by atoms with E-state index in [1.54, 1.807) is 0 Å². The topological polar surface area (TPSA) is 107 Å². The van der Waals surface area contributed by atoms with Crippen LogP contribution in [0.15, 0.2) is 36.4 Å². The van der Waals surface area contributed by atoms with E-state index in [2.05, 4.69) is 19.2 Å². The minimum atomic E-state index is -1.26. The van der Waals surface area contributed by atoms with Crippen LogP contribution in [0.1, 0.15) is 31.9 Å². The Labute approximate surface area is 139 Å². The Morgan fingerprint density at radius 3 is 2.22 bits per heavy atom. The van der Waals surface area contributed by atoms with Crippen molar-refractivity contribution in [3.05, 3.63) is 47.0 Å². The molecule has 0 amide bonds. The van der Waals surface area contributed by atoms with E-state index in [1.165, 1.54) is 0 Å². The number of rotatable bonds is 4. The molecule has 0 radical (unpaired) electrons. The zero-order valence-corrected chi connectivity index (χ0v) is 13.6. The number of carboxylic acid groups (broad SMARTS) is 2. The lowest BCUT2D eigenvalue weighted by atomic mass is 9.81. The first-order valence-corrected chi connectivity index (χ1v) is 7.34. The van der Waals surface area contributed by atoms with Gasteiger partial charge in [0.2, 0.25) is 0 Å². The molecule has 0 bridgehead atoms. The van der Waals surface area contributed by atoms with Crippen molar-refractivity contribution in [3.63, 3.8) is 0 Å². The number of aliphatic carboxylic acids is 2. The van der Waals surface area contributed by atoms with E-state index >= 15 is 0 Å². The Morgan fingerprint density at radius 1 is 1.30 bits per heavy atom. The SMILES string of the molecule is CC1(C)CC([C@H](O)c2cccc(Cl)c2)N1.O=C(O)/C=C\C(=O)O. The second-order valence-electron chi connectivity index (χ2n) is 5.85. The summed E-state index contributed by atoms with van der Waals surface area (Å²) in [6, 6.07) is 7.56. The van der Waals surface area contributed by atoms with E-state index < -0.39 is 18.0 Å². The molecular weight excluding hydrogens is 322 g/mol. The first kappa shape index (κ1) is 19.2. The number of hydrogen-bond acceptors (Lipinski definition) is 4. The molecule has 1 saturated heterocycles. The third kappa shape index (κ3) is 6.81. The quantitative estimate of drug-likeness (QED) is 0.626. The molecule has 1 aromatic carbocycles. The molecule has 2 rings (SSSR count). The van der Waals surface area contributed by atoms with Crippen LogP contribution in [0, 0.1) is 0 Å². The van der Waals surface area contributed by atoms with Crippen molar-refractivity contribution in [3.8, 4) is 0 Å². The maximum Gasteiger partial charge on any atom is 0.328 e. The number of carboxylic acids is 2. The standard InChI is InChI=1S/C12H16ClNO.C4H4O4/c1-12(2)7-10(14-12)11(15)8-4-3-5-9(13)6-8;5-3(6)1-2-4(7)8/h3-6,10-11,14-15H,7H2,1-2H3;1-2H,(H,5,6)(H,7,8)/b;2-1-/t10?,11-;/m1./s1. The van der Waals surface area contributed by atoms with Gasteiger partial charge in [0.05, 0.1) is 6.10 Å². The first-order chi connectivity index (χ1) is 10.6. The van der Waals surface area contributed by atoms with Crippen LogP contribution >= 0.6 is 11.6 Å². The summed E-state index contributed by atoms with van der Waals surface area (Å²) in [6.45, 7) is 4.27. The highest BCUT2D eigenvalue weighted by atomic mass is 35.5. The number of nitrogens with one attached hydrogen (secondary N) is 1. The maximum atomic E-state index is 10.1. The molecule has 0 aliphatic carbocycles. The van der Waals surface area contributed by atoms with Crippen LogP contribution in [0.5, 0.6) is 0 Å². The van der Waals surface area contributed by atoms with E-state index in [-0.39, 0.29) is 11.6 Å². The largest absolute Gasteiger partial charge is 0.478 e. The van der Waals surface area contributed by atoms with Crippen molar-refractivity contribution < 1.29 is 24.9 Å². The van der Waals surface area contributed by atoms with Gasteiger partial charge in [-0.3, -0.25) is 0 Å². The minimum absolute atomic E-state index is 0.151. The fourth-order valence-corrected chi connectivity index (χ4v) is 2.49. The lowest BCUT2D eigenvalue weighted by Crippen LogP contribution is -2.61. The number of hydrogen-bond donors (Lipinski definition) is 4. The fourth-order valence-electron chi connectivity index (χ4n) is 2.29. The summed E-state index contributed by atoms with van der Waals surface area (Å²) >= 11 is 5.88. The van der Waals surface area contributed by atoms with E-state index in [0.29, 0.717) is 17.2 Å². The van der Waals surface area contributed by atoms with Gasteiger partial charge < -0.3 is 20.6 Å². The van der Waals surface area contributed by atoms with Crippen molar-refractivity contribution in [2.75, 3.05) is 0 Å². The Kier molecular flexibility index (Phi) is 6.75. The number of aliphatic hydroxyl groups excluding tert-OH is 1. The lowest BCUT2D eigenvalue weighted by molar-refractivity contribution is -0.134. The van der Waals surface area contributed by atoms with Gasteiger partial charge in [0, 0.05) is 28.8 Å². The summed E-state index contributed by atoms with van der Waals surface area (Å²) in [5.41, 5.74) is 1.04. The van der Waals surface area contributed by atoms with Crippen LogP contribution < -0.4 is 5.32 Å². The smallest absolute Gasteiger partial charge is 0.328 e. The van der Waals surface area contributed by atoms with Crippen LogP contribution in [-0.2, 0) is 9.59 Å². The van der Waals surface area contributed by atoms with E-state index in [0.717, 1.165) is 12.0 Å². The molecule has 1 heterocycles. The molecule has 4 N–H and O–H groups in total. The highest BCUT2D eigenvalue weighted by Crippen LogP contribution is 2.32. The van der Waals surface area contributed by atoms with Crippen molar-refractivity contribution in [1.29, 1.82) is 0 Å². The minimum Gasteiger partial charge on any atom is -0.478 e. The van der Waals surface area contributed by atoms with Crippen LogP contribution in [0.4, 0.5) is 0 Å². The van der Waals surface area contributed by atoms with E-state index in [4.69, 9.17) is 21.8 Å². The van der Waals surface area contributed by atoms with Crippen molar-refractivity contribution in [2.45, 2.75) is 38.0 Å². The molecule has 23 heavy (non-hydrogen) atoms. The van der Waals surface area contributed by atoms with Crippen molar-refractivity contribution in [2.24, 2.45) is 0 Å². The summed E-state index contributed by atoms with van der Waals surface area (Å²) in [5, 5.41) is 29.7. The van der Waals surface area contributed by atoms with Crippen LogP contribution in [-0.4, -0.2) is 38.8 Å². The summed E-state index contributed by atoms with van der Waals surface area (Å²) in [6.07, 6.45) is 1.64. The molecule has 1 aliphatic heterocycles. The molecule has 1 unspecified atom stereocenters. The van der Waals surface area contributed by atoms with Gasteiger partial charge in [0.1, 0.15) is 0 Å². The van der Waals surface area contributed by atoms with Gasteiger partial charge >= 0.3 is 11.9 Å². The van der Waals surface area contributed by atoms with Crippen molar-refractivity contribution in [1.82, 2.24) is 5.32 Å². The van der Waals surface area contributed by atoms with Crippen molar-refractivity contribution >= 4 is 23.5 Å². The van der Waals surface area contributed by atoms with Gasteiger partial charge in [0.15, 0.2) is 0 Å². The molecule has 6 nitrogen and oxygen atoms in total. The average molecular weight is 342 g/mol. The van der Waals surface area contributed by atoms with Crippen LogP contribution in [0.25, 0.3) is 0 Å². The molecule has 0 spiro atoms. The zero-order valence-electron chi connectivity index (χ0n) is 12.9. The molecule has 1 aliphatic rings. The molecule has 2 atom stereocenters. The number of halogens is 1. The predicted molar refractivity (Wildman–Crippen MR) is 86.4 cm³/mol. The third-order valence-corrected chi connectivity index (χ3v) is 3.48. The van der Waals surface area contributed by atoms with Gasteiger partial charge in [-0.15, -0.1) is 0 Å². The Morgan fingerprint density at radius 2 is 1.83 bits per heavy atom. The van der Waals surface area contributed by atoms with Gasteiger partial charge in [0.25, 0.3) is 0 Å². The molecule has 126 valence electrons. The maximum absolute atomic E-state index is 10.1. The van der Waals surface area contributed by atoms with Gasteiger partial charge in [-0.1, -0.05) is 23.7 Å². The monoisotopic (exact) mass is 341 g/mol. The number of aliphatic hydroxyl groups is 1. The number of benzene rings is 1. The zero-order chi connectivity index (χ0) is 17.6. The second kappa shape index (κ2) is 8.10.